The molecule has 1 saturated heterocycles. The molecule has 0 spiro atoms. The maximum atomic E-state index is 11.5. The number of nitrogens with two attached hydrogens (primary N) is 1. The molecule has 2 N–H and O–H groups in total. The third-order valence-corrected chi connectivity index (χ3v) is 6.80. The predicted molar refractivity (Wildman–Crippen MR) is 117 cm³/mol. The lowest BCUT2D eigenvalue weighted by Gasteiger charge is -2.24. The molecule has 1 unspecified atom stereocenters. The first kappa shape index (κ1) is 18.4. The topological polar surface area (TPSA) is 111 Å². The molecule has 1 atom stereocenters. The largest absolute Gasteiger partial charge is 0.363 e. The molecule has 0 radical (unpaired) electrons. The summed E-state index contributed by atoms with van der Waals surface area (Å²) in [5.74, 6) is 1.89. The van der Waals surface area contributed by atoms with Crippen molar-refractivity contribution in [3.05, 3.63) is 53.3 Å². The fourth-order valence-corrected chi connectivity index (χ4v) is 5.20. The quantitative estimate of drug-likeness (QED) is 0.506. The van der Waals surface area contributed by atoms with Crippen LogP contribution in [0.25, 0.3) is 21.3 Å². The van der Waals surface area contributed by atoms with Gasteiger partial charge in [0.1, 0.15) is 22.5 Å². The number of fused-ring (bicyclic) bond motifs is 1. The van der Waals surface area contributed by atoms with Gasteiger partial charge >= 0.3 is 0 Å². The van der Waals surface area contributed by atoms with Crippen LogP contribution in [0.5, 0.6) is 0 Å². The highest BCUT2D eigenvalue weighted by molar-refractivity contribution is 7.17. The van der Waals surface area contributed by atoms with Gasteiger partial charge in [0.2, 0.25) is 5.89 Å². The van der Waals surface area contributed by atoms with Gasteiger partial charge in [0.15, 0.2) is 0 Å². The molecule has 2 fully saturated rings. The Morgan fingerprint density at radius 1 is 1.13 bits per heavy atom. The Morgan fingerprint density at radius 2 is 1.97 bits per heavy atom. The van der Waals surface area contributed by atoms with Crippen molar-refractivity contribution in [3.63, 3.8) is 0 Å². The average molecular weight is 433 g/mol. The summed E-state index contributed by atoms with van der Waals surface area (Å²) >= 11 is 1.66. The molecule has 1 aliphatic heterocycles. The number of hydrogen-bond donors (Lipinski definition) is 1. The van der Waals surface area contributed by atoms with Crippen LogP contribution in [0.3, 0.4) is 0 Å². The Balaban J connectivity index is 1.51. The van der Waals surface area contributed by atoms with Gasteiger partial charge < -0.3 is 15.2 Å². The molecule has 1 aliphatic carbocycles. The molecule has 3 aromatic heterocycles. The van der Waals surface area contributed by atoms with E-state index in [9.17, 15) is 4.79 Å². The van der Waals surface area contributed by atoms with Crippen LogP contribution in [0.15, 0.2) is 40.2 Å². The van der Waals surface area contributed by atoms with Crippen LogP contribution in [-0.4, -0.2) is 32.6 Å². The van der Waals surface area contributed by atoms with Crippen LogP contribution in [0.1, 0.15) is 60.0 Å². The Bertz CT molecular complexity index is 1280. The fraction of sp³-hybridized carbons (Fsp3) is 0.318. The number of thiophene rings is 1. The van der Waals surface area contributed by atoms with Crippen molar-refractivity contribution >= 4 is 33.3 Å². The second kappa shape index (κ2) is 7.12. The van der Waals surface area contributed by atoms with E-state index >= 15 is 0 Å². The maximum absolute atomic E-state index is 11.5. The number of amides is 1. The molecule has 31 heavy (non-hydrogen) atoms. The molecule has 156 valence electrons. The summed E-state index contributed by atoms with van der Waals surface area (Å²) in [6, 6.07) is 10.2. The third kappa shape index (κ3) is 3.16. The molecule has 4 aromatic rings. The van der Waals surface area contributed by atoms with E-state index in [4.69, 9.17) is 20.2 Å². The lowest BCUT2D eigenvalue weighted by Crippen LogP contribution is -2.25. The van der Waals surface area contributed by atoms with Crippen LogP contribution >= 0.6 is 11.3 Å². The van der Waals surface area contributed by atoms with Gasteiger partial charge in [-0.1, -0.05) is 35.5 Å². The standard InChI is InChI=1S/C22H20N6O2S/c23-17(29)19-25-21(30-27-19)15-7-4-10-28(15)20-16-14(12-5-2-1-3-6-12)11-31-22(16)26-18(24-20)13-8-9-13/h1-3,5-6,11,13,15H,4,7-10H2,(H2,23,29). The zero-order valence-corrected chi connectivity index (χ0v) is 17.5. The predicted octanol–water partition coefficient (Wildman–Crippen LogP) is 4.06. The first-order chi connectivity index (χ1) is 15.2. The van der Waals surface area contributed by atoms with Gasteiger partial charge in [0.25, 0.3) is 11.7 Å². The van der Waals surface area contributed by atoms with Gasteiger partial charge in [-0.15, -0.1) is 11.3 Å². The van der Waals surface area contributed by atoms with E-state index in [1.165, 1.54) is 0 Å². The minimum absolute atomic E-state index is 0.0890. The summed E-state index contributed by atoms with van der Waals surface area (Å²) in [5, 5.41) is 6.97. The van der Waals surface area contributed by atoms with Crippen LogP contribution in [0.4, 0.5) is 5.82 Å². The van der Waals surface area contributed by atoms with E-state index in [1.54, 1.807) is 11.3 Å². The Kier molecular flexibility index (Phi) is 4.24. The summed E-state index contributed by atoms with van der Waals surface area (Å²) in [6.45, 7) is 0.819. The monoisotopic (exact) mass is 432 g/mol. The first-order valence-corrected chi connectivity index (χ1v) is 11.3. The summed E-state index contributed by atoms with van der Waals surface area (Å²) in [5.41, 5.74) is 7.59. The van der Waals surface area contributed by atoms with Gasteiger partial charge in [0.05, 0.1) is 5.39 Å². The smallest absolute Gasteiger partial charge is 0.290 e. The summed E-state index contributed by atoms with van der Waals surface area (Å²) in [7, 11) is 0. The van der Waals surface area contributed by atoms with Crippen molar-refractivity contribution in [2.75, 3.05) is 11.4 Å². The highest BCUT2D eigenvalue weighted by atomic mass is 32.1. The van der Waals surface area contributed by atoms with Crippen molar-refractivity contribution < 1.29 is 9.32 Å². The minimum Gasteiger partial charge on any atom is -0.363 e. The van der Waals surface area contributed by atoms with Crippen LogP contribution in [0, 0.1) is 0 Å². The number of benzene rings is 1. The lowest BCUT2D eigenvalue weighted by molar-refractivity contribution is 0.0987. The number of hydrogen-bond acceptors (Lipinski definition) is 8. The summed E-state index contributed by atoms with van der Waals surface area (Å²) in [4.78, 5) is 28.9. The molecule has 2 aliphatic rings. The van der Waals surface area contributed by atoms with E-state index in [1.807, 2.05) is 18.2 Å². The molecule has 1 aromatic carbocycles. The average Bonchev–Trinajstić information content (AvgIpc) is 3.19. The Morgan fingerprint density at radius 3 is 2.71 bits per heavy atom. The number of aromatic nitrogens is 4. The van der Waals surface area contributed by atoms with Crippen LogP contribution in [0.2, 0.25) is 0 Å². The summed E-state index contributed by atoms with van der Waals surface area (Å²) in [6.07, 6.45) is 4.08. The van der Waals surface area contributed by atoms with Gasteiger partial charge in [-0.25, -0.2) is 9.97 Å². The zero-order chi connectivity index (χ0) is 20.9. The van der Waals surface area contributed by atoms with E-state index in [0.29, 0.717) is 11.8 Å². The minimum atomic E-state index is -0.691. The Hall–Kier alpha value is -3.33. The molecular formula is C22H20N6O2S. The highest BCUT2D eigenvalue weighted by Crippen LogP contribution is 2.46. The maximum Gasteiger partial charge on any atom is 0.290 e. The van der Waals surface area contributed by atoms with Crippen molar-refractivity contribution in [2.24, 2.45) is 5.73 Å². The van der Waals surface area contributed by atoms with Crippen LogP contribution in [-0.2, 0) is 0 Å². The van der Waals surface area contributed by atoms with Crippen molar-refractivity contribution in [1.82, 2.24) is 20.1 Å². The molecule has 1 amide bonds. The number of carbonyl (C=O) groups is 1. The second-order valence-corrected chi connectivity index (χ2v) is 8.91. The lowest BCUT2D eigenvalue weighted by atomic mass is 10.1. The molecular weight excluding hydrogens is 412 g/mol. The van der Waals surface area contributed by atoms with E-state index in [2.05, 4.69) is 32.6 Å². The first-order valence-electron chi connectivity index (χ1n) is 10.4. The summed E-state index contributed by atoms with van der Waals surface area (Å²) < 4.78 is 5.42. The second-order valence-electron chi connectivity index (χ2n) is 8.05. The van der Waals surface area contributed by atoms with Crippen LogP contribution < -0.4 is 10.6 Å². The van der Waals surface area contributed by atoms with Crippen molar-refractivity contribution in [1.29, 1.82) is 0 Å². The molecule has 4 heterocycles. The molecule has 1 saturated carbocycles. The number of rotatable bonds is 5. The van der Waals surface area contributed by atoms with E-state index < -0.39 is 5.91 Å². The van der Waals surface area contributed by atoms with Gasteiger partial charge in [0, 0.05) is 23.4 Å². The molecule has 9 heteroatoms. The normalized spacial score (nSPS) is 18.7. The Labute approximate surface area is 182 Å². The highest BCUT2D eigenvalue weighted by Gasteiger charge is 2.36. The molecule has 0 bridgehead atoms. The van der Waals surface area contributed by atoms with Gasteiger partial charge in [-0.2, -0.15) is 4.98 Å². The zero-order valence-electron chi connectivity index (χ0n) is 16.7. The number of carbonyl (C=O) groups excluding carboxylic acids is 1. The molecule has 8 nitrogen and oxygen atoms in total. The van der Waals surface area contributed by atoms with Crippen molar-refractivity contribution in [2.45, 2.75) is 37.6 Å². The van der Waals surface area contributed by atoms with E-state index in [-0.39, 0.29) is 11.9 Å². The van der Waals surface area contributed by atoms with Gasteiger partial charge in [-0.3, -0.25) is 4.79 Å². The van der Waals surface area contributed by atoms with E-state index in [0.717, 1.165) is 65.2 Å². The third-order valence-electron chi connectivity index (χ3n) is 5.93. The molecule has 6 rings (SSSR count). The number of anilines is 1. The van der Waals surface area contributed by atoms with Gasteiger partial charge in [-0.05, 0) is 31.2 Å². The number of primary amides is 1. The fourth-order valence-electron chi connectivity index (χ4n) is 4.25. The SMILES string of the molecule is NC(=O)c1noc(C2CCCN2c2nc(C3CC3)nc3scc(-c4ccccc4)c23)n1. The number of nitrogens with zero attached hydrogens (tertiary/aromatic N) is 5. The van der Waals surface area contributed by atoms with Crippen molar-refractivity contribution in [3.8, 4) is 11.1 Å².